The highest BCUT2D eigenvalue weighted by Gasteiger charge is 2.44. The summed E-state index contributed by atoms with van der Waals surface area (Å²) in [5.41, 5.74) is 0.895. The van der Waals surface area contributed by atoms with Crippen LogP contribution < -0.4 is 5.32 Å². The quantitative estimate of drug-likeness (QED) is 0.921. The molecule has 21 heavy (non-hydrogen) atoms. The number of hydrogen-bond donors (Lipinski definition) is 1. The second-order valence-electron chi connectivity index (χ2n) is 6.48. The van der Waals surface area contributed by atoms with Gasteiger partial charge in [-0.1, -0.05) is 44.2 Å². The average Bonchev–Trinajstić information content (AvgIpc) is 3.27. The van der Waals surface area contributed by atoms with E-state index in [1.54, 1.807) is 4.90 Å². The Labute approximate surface area is 125 Å². The van der Waals surface area contributed by atoms with Gasteiger partial charge in [-0.3, -0.25) is 9.59 Å². The first kappa shape index (κ1) is 14.1. The molecule has 2 aliphatic rings. The Kier molecular flexibility index (Phi) is 3.70. The molecule has 1 aliphatic carbocycles. The number of amides is 2. The monoisotopic (exact) mass is 286 g/mol. The highest BCUT2D eigenvalue weighted by molar-refractivity contribution is 5.97. The van der Waals surface area contributed by atoms with Crippen molar-refractivity contribution < 1.29 is 9.59 Å². The van der Waals surface area contributed by atoms with Crippen LogP contribution in [0.4, 0.5) is 0 Å². The summed E-state index contributed by atoms with van der Waals surface area (Å²) in [6, 6.07) is 8.73. The van der Waals surface area contributed by atoms with E-state index >= 15 is 0 Å². The number of rotatable bonds is 4. The number of nitrogens with one attached hydrogen (secondary N) is 1. The Morgan fingerprint density at radius 3 is 2.43 bits per heavy atom. The maximum Gasteiger partial charge on any atom is 0.248 e. The number of nitrogens with zero attached hydrogens (tertiary/aromatic N) is 1. The van der Waals surface area contributed by atoms with Crippen LogP contribution in [-0.2, 0) is 9.59 Å². The molecule has 2 fully saturated rings. The van der Waals surface area contributed by atoms with E-state index in [4.69, 9.17) is 0 Å². The van der Waals surface area contributed by atoms with Crippen molar-refractivity contribution >= 4 is 11.8 Å². The molecule has 2 unspecified atom stereocenters. The van der Waals surface area contributed by atoms with Gasteiger partial charge >= 0.3 is 0 Å². The molecule has 1 saturated heterocycles. The number of carbonyl (C=O) groups is 2. The van der Waals surface area contributed by atoms with Gasteiger partial charge in [0.2, 0.25) is 11.8 Å². The lowest BCUT2D eigenvalue weighted by molar-refractivity contribution is -0.151. The predicted molar refractivity (Wildman–Crippen MR) is 80.4 cm³/mol. The zero-order valence-electron chi connectivity index (χ0n) is 12.6. The van der Waals surface area contributed by atoms with Gasteiger partial charge in [0.25, 0.3) is 0 Å². The van der Waals surface area contributed by atoms with Crippen molar-refractivity contribution in [3.63, 3.8) is 0 Å². The number of benzene rings is 1. The average molecular weight is 286 g/mol. The van der Waals surface area contributed by atoms with Crippen LogP contribution in [0.1, 0.15) is 38.3 Å². The summed E-state index contributed by atoms with van der Waals surface area (Å²) >= 11 is 0. The van der Waals surface area contributed by atoms with Crippen molar-refractivity contribution in [3.05, 3.63) is 35.9 Å². The highest BCUT2D eigenvalue weighted by Crippen LogP contribution is 2.35. The SMILES string of the molecule is CC(C)C1NC(=O)C(c2ccccc2)N(CC2CC2)C1=O. The molecule has 1 aromatic carbocycles. The molecular weight excluding hydrogens is 264 g/mol. The van der Waals surface area contributed by atoms with Gasteiger partial charge in [0, 0.05) is 6.54 Å². The Hall–Kier alpha value is -1.84. The molecule has 0 radical (unpaired) electrons. The van der Waals surface area contributed by atoms with Crippen molar-refractivity contribution in [3.8, 4) is 0 Å². The third-order valence-electron chi connectivity index (χ3n) is 4.34. The molecule has 2 atom stereocenters. The normalized spacial score (nSPS) is 26.1. The summed E-state index contributed by atoms with van der Waals surface area (Å²) in [6.45, 7) is 4.65. The number of piperazine rings is 1. The maximum atomic E-state index is 12.8. The molecule has 0 bridgehead atoms. The first-order valence-corrected chi connectivity index (χ1v) is 7.73. The predicted octanol–water partition coefficient (Wildman–Crippen LogP) is 2.12. The zero-order valence-corrected chi connectivity index (χ0v) is 12.6. The second-order valence-corrected chi connectivity index (χ2v) is 6.48. The standard InChI is InChI=1S/C17H22N2O2/c1-11(2)14-17(21)19(10-12-8-9-12)15(16(20)18-14)13-6-4-3-5-7-13/h3-7,11-12,14-15H,8-10H2,1-2H3,(H,18,20). The van der Waals surface area contributed by atoms with E-state index in [1.165, 1.54) is 12.8 Å². The van der Waals surface area contributed by atoms with Gasteiger partial charge in [0.05, 0.1) is 0 Å². The molecule has 0 aromatic heterocycles. The Bertz CT molecular complexity index is 537. The molecule has 1 N–H and O–H groups in total. The van der Waals surface area contributed by atoms with Crippen LogP contribution >= 0.6 is 0 Å². The lowest BCUT2D eigenvalue weighted by atomic mass is 9.94. The maximum absolute atomic E-state index is 12.8. The van der Waals surface area contributed by atoms with E-state index in [2.05, 4.69) is 5.32 Å². The smallest absolute Gasteiger partial charge is 0.248 e. The molecule has 1 aliphatic heterocycles. The van der Waals surface area contributed by atoms with Crippen LogP contribution in [0, 0.1) is 11.8 Å². The largest absolute Gasteiger partial charge is 0.342 e. The molecule has 4 nitrogen and oxygen atoms in total. The van der Waals surface area contributed by atoms with E-state index in [1.807, 2.05) is 44.2 Å². The van der Waals surface area contributed by atoms with Gasteiger partial charge < -0.3 is 10.2 Å². The Morgan fingerprint density at radius 1 is 1.19 bits per heavy atom. The fourth-order valence-corrected chi connectivity index (χ4v) is 2.93. The van der Waals surface area contributed by atoms with Crippen molar-refractivity contribution in [1.82, 2.24) is 10.2 Å². The van der Waals surface area contributed by atoms with Gasteiger partial charge in [-0.15, -0.1) is 0 Å². The zero-order chi connectivity index (χ0) is 15.0. The van der Waals surface area contributed by atoms with Crippen molar-refractivity contribution in [2.45, 2.75) is 38.8 Å². The first-order valence-electron chi connectivity index (χ1n) is 7.73. The van der Waals surface area contributed by atoms with Crippen molar-refractivity contribution in [2.24, 2.45) is 11.8 Å². The van der Waals surface area contributed by atoms with E-state index in [0.29, 0.717) is 12.5 Å². The Balaban J connectivity index is 1.92. The number of carbonyl (C=O) groups excluding carboxylic acids is 2. The summed E-state index contributed by atoms with van der Waals surface area (Å²) < 4.78 is 0. The van der Waals surface area contributed by atoms with E-state index in [-0.39, 0.29) is 17.7 Å². The first-order chi connectivity index (χ1) is 10.1. The third-order valence-corrected chi connectivity index (χ3v) is 4.34. The molecule has 1 saturated carbocycles. The summed E-state index contributed by atoms with van der Waals surface area (Å²) in [7, 11) is 0. The van der Waals surface area contributed by atoms with Crippen LogP contribution in [0.2, 0.25) is 0 Å². The molecule has 112 valence electrons. The molecule has 4 heteroatoms. The summed E-state index contributed by atoms with van der Waals surface area (Å²) in [6.07, 6.45) is 2.33. The van der Waals surface area contributed by atoms with E-state index < -0.39 is 12.1 Å². The van der Waals surface area contributed by atoms with Crippen LogP contribution in [-0.4, -0.2) is 29.3 Å². The fourth-order valence-electron chi connectivity index (χ4n) is 2.93. The summed E-state index contributed by atoms with van der Waals surface area (Å²) in [4.78, 5) is 27.1. The molecule has 3 rings (SSSR count). The molecule has 1 heterocycles. The van der Waals surface area contributed by atoms with E-state index in [9.17, 15) is 9.59 Å². The van der Waals surface area contributed by atoms with Gasteiger partial charge in [-0.25, -0.2) is 0 Å². The second kappa shape index (κ2) is 5.51. The minimum absolute atomic E-state index is 0.0554. The minimum Gasteiger partial charge on any atom is -0.342 e. The van der Waals surface area contributed by atoms with Gasteiger partial charge in [0.15, 0.2) is 0 Å². The highest BCUT2D eigenvalue weighted by atomic mass is 16.2. The summed E-state index contributed by atoms with van der Waals surface area (Å²) in [5, 5.41) is 2.91. The van der Waals surface area contributed by atoms with Crippen molar-refractivity contribution in [1.29, 1.82) is 0 Å². The van der Waals surface area contributed by atoms with Crippen LogP contribution in [0.15, 0.2) is 30.3 Å². The lowest BCUT2D eigenvalue weighted by Crippen LogP contribution is -2.61. The minimum atomic E-state index is -0.478. The van der Waals surface area contributed by atoms with Crippen molar-refractivity contribution in [2.75, 3.05) is 6.54 Å². The number of hydrogen-bond acceptors (Lipinski definition) is 2. The molecule has 2 amide bonds. The topological polar surface area (TPSA) is 49.4 Å². The third kappa shape index (κ3) is 2.80. The van der Waals surface area contributed by atoms with Crippen LogP contribution in [0.25, 0.3) is 0 Å². The van der Waals surface area contributed by atoms with E-state index in [0.717, 1.165) is 5.56 Å². The van der Waals surface area contributed by atoms with Crippen LogP contribution in [0.3, 0.4) is 0 Å². The van der Waals surface area contributed by atoms with Gasteiger partial charge in [0.1, 0.15) is 12.1 Å². The molecular formula is C17H22N2O2. The fraction of sp³-hybridized carbons (Fsp3) is 0.529. The molecule has 0 spiro atoms. The van der Waals surface area contributed by atoms with Crippen LogP contribution in [0.5, 0.6) is 0 Å². The van der Waals surface area contributed by atoms with Gasteiger partial charge in [-0.05, 0) is 30.2 Å². The Morgan fingerprint density at radius 2 is 1.86 bits per heavy atom. The lowest BCUT2D eigenvalue weighted by Gasteiger charge is -2.40. The summed E-state index contributed by atoms with van der Waals surface area (Å²) in [5.74, 6) is 0.684. The molecule has 1 aromatic rings. The van der Waals surface area contributed by atoms with Gasteiger partial charge in [-0.2, -0.15) is 0 Å².